The van der Waals surface area contributed by atoms with Gasteiger partial charge in [-0.3, -0.25) is 4.98 Å². The van der Waals surface area contributed by atoms with Crippen LogP contribution >= 0.6 is 11.3 Å². The molecule has 0 aliphatic carbocycles. The molecule has 0 atom stereocenters. The molecule has 3 aromatic rings. The third kappa shape index (κ3) is 3.14. The van der Waals surface area contributed by atoms with Gasteiger partial charge in [0.1, 0.15) is 10.7 Å². The van der Waals surface area contributed by atoms with Crippen molar-refractivity contribution in [2.45, 2.75) is 25.9 Å². The van der Waals surface area contributed by atoms with Gasteiger partial charge in [0.25, 0.3) is 0 Å². The molecular weight excluding hydrogens is 284 g/mol. The van der Waals surface area contributed by atoms with Crippen LogP contribution in [0.15, 0.2) is 36.0 Å². The number of aromatic nitrogens is 5. The summed E-state index contributed by atoms with van der Waals surface area (Å²) in [5.74, 6) is 0. The van der Waals surface area contributed by atoms with Crippen molar-refractivity contribution in [3.63, 3.8) is 0 Å². The molecule has 0 aliphatic heterocycles. The van der Waals surface area contributed by atoms with Crippen LogP contribution in [0.2, 0.25) is 0 Å². The molecule has 0 radical (unpaired) electrons. The number of rotatable bonds is 4. The first-order valence-electron chi connectivity index (χ1n) is 6.58. The molecule has 0 aliphatic rings. The summed E-state index contributed by atoms with van der Waals surface area (Å²) < 4.78 is 1.75. The maximum Gasteiger partial charge on any atom is 0.142 e. The molecule has 108 valence electrons. The van der Waals surface area contributed by atoms with Gasteiger partial charge < -0.3 is 5.73 Å². The molecule has 3 aromatic heterocycles. The number of hydrogen-bond donors (Lipinski definition) is 1. The van der Waals surface area contributed by atoms with E-state index in [2.05, 4.69) is 20.3 Å². The van der Waals surface area contributed by atoms with Crippen molar-refractivity contribution in [2.24, 2.45) is 5.73 Å². The van der Waals surface area contributed by atoms with E-state index in [4.69, 9.17) is 5.73 Å². The van der Waals surface area contributed by atoms with E-state index in [1.807, 2.05) is 43.6 Å². The minimum atomic E-state index is -0.487. The van der Waals surface area contributed by atoms with Crippen LogP contribution in [0.25, 0.3) is 10.7 Å². The van der Waals surface area contributed by atoms with Crippen molar-refractivity contribution < 1.29 is 0 Å². The van der Waals surface area contributed by atoms with Crippen molar-refractivity contribution in [1.29, 1.82) is 0 Å². The molecule has 0 unspecified atom stereocenters. The zero-order chi connectivity index (χ0) is 14.9. The van der Waals surface area contributed by atoms with Crippen molar-refractivity contribution in [3.05, 3.63) is 47.4 Å². The maximum absolute atomic E-state index is 6.01. The number of nitrogens with zero attached hydrogens (tertiary/aromatic N) is 5. The molecule has 0 saturated heterocycles. The lowest BCUT2D eigenvalue weighted by Gasteiger charge is -2.13. The number of hydrogen-bond acceptors (Lipinski definition) is 6. The van der Waals surface area contributed by atoms with Gasteiger partial charge in [-0.1, -0.05) is 11.3 Å². The van der Waals surface area contributed by atoms with Crippen LogP contribution in [0.3, 0.4) is 0 Å². The Bertz CT molecular complexity index is 725. The lowest BCUT2D eigenvalue weighted by atomic mass is 10.0. The first-order chi connectivity index (χ1) is 10.0. The standard InChI is InChI=1S/C14H16N6S/c1-14(2,15)12-8-20(19-18-12)7-10-9-21-13(17-10)11-5-3-4-6-16-11/h3-6,8-9H,7,15H2,1-2H3. The molecule has 0 amide bonds. The highest BCUT2D eigenvalue weighted by Gasteiger charge is 2.18. The van der Waals surface area contributed by atoms with Gasteiger partial charge in [0.05, 0.1) is 29.7 Å². The summed E-state index contributed by atoms with van der Waals surface area (Å²) in [5.41, 5.74) is 8.11. The van der Waals surface area contributed by atoms with Crippen molar-refractivity contribution >= 4 is 11.3 Å². The Morgan fingerprint density at radius 2 is 2.19 bits per heavy atom. The van der Waals surface area contributed by atoms with E-state index in [1.54, 1.807) is 22.2 Å². The highest BCUT2D eigenvalue weighted by molar-refractivity contribution is 7.13. The third-order valence-corrected chi connectivity index (χ3v) is 3.87. The Balaban J connectivity index is 1.77. The Kier molecular flexibility index (Phi) is 3.52. The van der Waals surface area contributed by atoms with Crippen LogP contribution < -0.4 is 5.73 Å². The number of thiazole rings is 1. The van der Waals surface area contributed by atoms with Gasteiger partial charge in [0, 0.05) is 11.6 Å². The zero-order valence-corrected chi connectivity index (χ0v) is 12.7. The number of pyridine rings is 1. The largest absolute Gasteiger partial charge is 0.320 e. The van der Waals surface area contributed by atoms with E-state index < -0.39 is 5.54 Å². The van der Waals surface area contributed by atoms with Crippen molar-refractivity contribution in [2.75, 3.05) is 0 Å². The van der Waals surface area contributed by atoms with E-state index >= 15 is 0 Å². The molecule has 0 saturated carbocycles. The third-order valence-electron chi connectivity index (χ3n) is 2.96. The van der Waals surface area contributed by atoms with Crippen molar-refractivity contribution in [3.8, 4) is 10.7 Å². The predicted octanol–water partition coefficient (Wildman–Crippen LogP) is 2.04. The van der Waals surface area contributed by atoms with Crippen LogP contribution in [0.4, 0.5) is 0 Å². The lowest BCUT2D eigenvalue weighted by molar-refractivity contribution is 0.533. The van der Waals surface area contributed by atoms with Crippen LogP contribution in [-0.4, -0.2) is 25.0 Å². The smallest absolute Gasteiger partial charge is 0.142 e. The van der Waals surface area contributed by atoms with Gasteiger partial charge in [-0.05, 0) is 26.0 Å². The molecule has 7 heteroatoms. The fourth-order valence-corrected chi connectivity index (χ4v) is 2.61. The molecule has 21 heavy (non-hydrogen) atoms. The van der Waals surface area contributed by atoms with Gasteiger partial charge >= 0.3 is 0 Å². The molecule has 0 fully saturated rings. The quantitative estimate of drug-likeness (QED) is 0.797. The van der Waals surface area contributed by atoms with Crippen LogP contribution in [0, 0.1) is 0 Å². The molecular formula is C14H16N6S. The first kappa shape index (κ1) is 13.8. The molecule has 3 rings (SSSR count). The van der Waals surface area contributed by atoms with E-state index in [9.17, 15) is 0 Å². The number of nitrogens with two attached hydrogens (primary N) is 1. The second-order valence-corrected chi connectivity index (χ2v) is 6.24. The van der Waals surface area contributed by atoms with E-state index in [1.165, 1.54) is 0 Å². The normalized spacial score (nSPS) is 11.8. The minimum Gasteiger partial charge on any atom is -0.320 e. The molecule has 0 spiro atoms. The average Bonchev–Trinajstić information content (AvgIpc) is 3.09. The first-order valence-corrected chi connectivity index (χ1v) is 7.45. The second kappa shape index (κ2) is 5.34. The highest BCUT2D eigenvalue weighted by Crippen LogP contribution is 2.22. The zero-order valence-electron chi connectivity index (χ0n) is 11.9. The summed E-state index contributed by atoms with van der Waals surface area (Å²) in [6.07, 6.45) is 3.63. The predicted molar refractivity (Wildman–Crippen MR) is 81.7 cm³/mol. The van der Waals surface area contributed by atoms with Crippen LogP contribution in [-0.2, 0) is 12.1 Å². The summed E-state index contributed by atoms with van der Waals surface area (Å²) in [7, 11) is 0. The molecule has 2 N–H and O–H groups in total. The van der Waals surface area contributed by atoms with Gasteiger partial charge in [0.15, 0.2) is 0 Å². The topological polar surface area (TPSA) is 82.5 Å². The SMILES string of the molecule is CC(C)(N)c1cn(Cc2csc(-c3ccccn3)n2)nn1. The summed E-state index contributed by atoms with van der Waals surface area (Å²) >= 11 is 1.57. The van der Waals surface area contributed by atoms with E-state index in [0.29, 0.717) is 6.54 Å². The fourth-order valence-electron chi connectivity index (χ4n) is 1.82. The Labute approximate surface area is 126 Å². The van der Waals surface area contributed by atoms with Crippen molar-refractivity contribution in [1.82, 2.24) is 25.0 Å². The van der Waals surface area contributed by atoms with Crippen LogP contribution in [0.5, 0.6) is 0 Å². The Morgan fingerprint density at radius 1 is 1.33 bits per heavy atom. The maximum atomic E-state index is 6.01. The second-order valence-electron chi connectivity index (χ2n) is 5.38. The highest BCUT2D eigenvalue weighted by atomic mass is 32.1. The Hall–Kier alpha value is -2.12. The lowest BCUT2D eigenvalue weighted by Crippen LogP contribution is -2.29. The molecule has 0 bridgehead atoms. The van der Waals surface area contributed by atoms with Gasteiger partial charge in [-0.2, -0.15) is 0 Å². The summed E-state index contributed by atoms with van der Waals surface area (Å²) in [4.78, 5) is 8.89. The summed E-state index contributed by atoms with van der Waals surface area (Å²) in [6, 6.07) is 5.80. The monoisotopic (exact) mass is 300 g/mol. The Morgan fingerprint density at radius 3 is 2.86 bits per heavy atom. The molecule has 3 heterocycles. The van der Waals surface area contributed by atoms with E-state index in [-0.39, 0.29) is 0 Å². The van der Waals surface area contributed by atoms with Gasteiger partial charge in [-0.15, -0.1) is 16.4 Å². The average molecular weight is 300 g/mol. The van der Waals surface area contributed by atoms with Crippen LogP contribution in [0.1, 0.15) is 25.2 Å². The molecule has 6 nitrogen and oxygen atoms in total. The van der Waals surface area contributed by atoms with Gasteiger partial charge in [0.2, 0.25) is 0 Å². The summed E-state index contributed by atoms with van der Waals surface area (Å²) in [5, 5.41) is 11.1. The minimum absolute atomic E-state index is 0.487. The molecule has 0 aromatic carbocycles. The van der Waals surface area contributed by atoms with Gasteiger partial charge in [-0.25, -0.2) is 9.67 Å². The summed E-state index contributed by atoms with van der Waals surface area (Å²) in [6.45, 7) is 4.39. The van der Waals surface area contributed by atoms with E-state index in [0.717, 1.165) is 22.1 Å². The fraction of sp³-hybridized carbons (Fsp3) is 0.286.